The van der Waals surface area contributed by atoms with Crippen molar-refractivity contribution in [2.75, 3.05) is 34.0 Å². The van der Waals surface area contributed by atoms with Gasteiger partial charge in [0.05, 0.1) is 46.5 Å². The quantitative estimate of drug-likeness (QED) is 0.0541. The summed E-state index contributed by atoms with van der Waals surface area (Å²) in [5.74, 6) is 1.59. The Morgan fingerprint density at radius 2 is 1.18 bits per heavy atom. The van der Waals surface area contributed by atoms with Crippen molar-refractivity contribution < 1.29 is 23.4 Å². The zero-order chi connectivity index (χ0) is 32.5. The lowest BCUT2D eigenvalue weighted by molar-refractivity contribution is -0.00153. The Kier molecular flexibility index (Phi) is 15.8. The molecule has 0 bridgehead atoms. The van der Waals surface area contributed by atoms with Gasteiger partial charge in [-0.25, -0.2) is 4.67 Å². The predicted octanol–water partition coefficient (Wildman–Crippen LogP) is 8.37. The van der Waals surface area contributed by atoms with E-state index in [9.17, 15) is 0 Å². The van der Waals surface area contributed by atoms with Gasteiger partial charge < -0.3 is 23.4 Å². The minimum atomic E-state index is -1.20. The molecule has 3 aromatic rings. The summed E-state index contributed by atoms with van der Waals surface area (Å²) in [6, 6.07) is 29.3. The third-order valence-corrected chi connectivity index (χ3v) is 9.59. The summed E-state index contributed by atoms with van der Waals surface area (Å²) in [4.78, 5) is 6.27. The highest BCUT2D eigenvalue weighted by molar-refractivity contribution is 7.44. The number of hydrogen-bond donors (Lipinski definition) is 1. The minimum Gasteiger partial charge on any atom is -0.497 e. The lowest BCUT2D eigenvalue weighted by Gasteiger charge is -2.36. The molecule has 0 saturated carbocycles. The van der Waals surface area contributed by atoms with E-state index in [-0.39, 0.29) is 0 Å². The molecule has 244 valence electrons. The van der Waals surface area contributed by atoms with Gasteiger partial charge in [-0.2, -0.15) is 10.7 Å². The Labute approximate surface area is 271 Å². The Morgan fingerprint density at radius 1 is 0.689 bits per heavy atom. The normalized spacial score (nSPS) is 12.4. The SMILES string of the molecule is COc1ccc(C(NOCCCCCCOP(OCCC#N)N(C(C)C)C(C)C)(c2ccccc2)c2ccc(OC)cc2)cc1. The predicted molar refractivity (Wildman–Crippen MR) is 181 cm³/mol. The van der Waals surface area contributed by atoms with Crippen LogP contribution < -0.4 is 15.0 Å². The van der Waals surface area contributed by atoms with Crippen molar-refractivity contribution in [1.29, 1.82) is 5.26 Å². The molecule has 0 fully saturated rings. The summed E-state index contributed by atoms with van der Waals surface area (Å²) in [7, 11) is 2.15. The number of nitrogens with zero attached hydrogens (tertiary/aromatic N) is 2. The van der Waals surface area contributed by atoms with E-state index in [2.05, 4.69) is 80.3 Å². The number of nitriles is 1. The Morgan fingerprint density at radius 3 is 1.67 bits per heavy atom. The van der Waals surface area contributed by atoms with Gasteiger partial charge in [0.1, 0.15) is 17.0 Å². The number of hydrogen-bond acceptors (Lipinski definition) is 8. The maximum absolute atomic E-state index is 8.93. The van der Waals surface area contributed by atoms with Crippen molar-refractivity contribution in [2.45, 2.75) is 77.4 Å². The maximum atomic E-state index is 8.93. The van der Waals surface area contributed by atoms with Gasteiger partial charge in [0.25, 0.3) is 8.53 Å². The zero-order valence-electron chi connectivity index (χ0n) is 27.7. The summed E-state index contributed by atoms with van der Waals surface area (Å²) in [6.45, 7) is 10.2. The first kappa shape index (κ1) is 36.4. The molecule has 0 aliphatic carbocycles. The Hall–Kier alpha value is -3.02. The molecule has 1 unspecified atom stereocenters. The first-order valence-corrected chi connectivity index (χ1v) is 16.9. The fourth-order valence-corrected chi connectivity index (χ4v) is 6.92. The van der Waals surface area contributed by atoms with E-state index in [0.717, 1.165) is 53.9 Å². The van der Waals surface area contributed by atoms with Gasteiger partial charge in [-0.3, -0.25) is 0 Å². The van der Waals surface area contributed by atoms with Crippen LogP contribution in [0.4, 0.5) is 0 Å². The number of ether oxygens (including phenoxy) is 2. The highest BCUT2D eigenvalue weighted by atomic mass is 31.2. The molecule has 45 heavy (non-hydrogen) atoms. The molecule has 9 heteroatoms. The van der Waals surface area contributed by atoms with Crippen molar-refractivity contribution in [3.8, 4) is 17.6 Å². The monoisotopic (exact) mass is 635 g/mol. The summed E-state index contributed by atoms with van der Waals surface area (Å²) in [5.41, 5.74) is 5.85. The average Bonchev–Trinajstić information content (AvgIpc) is 3.06. The number of rotatable bonds is 21. The highest BCUT2D eigenvalue weighted by Crippen LogP contribution is 2.46. The zero-order valence-corrected chi connectivity index (χ0v) is 28.6. The molecule has 0 saturated heterocycles. The first-order valence-electron chi connectivity index (χ1n) is 15.8. The molecule has 0 aliphatic rings. The van der Waals surface area contributed by atoms with E-state index in [1.807, 2.05) is 42.5 Å². The van der Waals surface area contributed by atoms with Crippen LogP contribution in [0.1, 0.15) is 76.5 Å². The van der Waals surface area contributed by atoms with E-state index in [0.29, 0.717) is 38.3 Å². The van der Waals surface area contributed by atoms with Crippen LogP contribution in [0.5, 0.6) is 11.5 Å². The number of methoxy groups -OCH3 is 2. The first-order chi connectivity index (χ1) is 21.9. The molecule has 8 nitrogen and oxygen atoms in total. The number of hydroxylamine groups is 1. The van der Waals surface area contributed by atoms with E-state index < -0.39 is 14.1 Å². The molecule has 3 aromatic carbocycles. The molecule has 0 heterocycles. The van der Waals surface area contributed by atoms with E-state index in [1.54, 1.807) is 14.2 Å². The standard InChI is InChI=1S/C36H50N3O5P/c1-29(2)39(30(3)4)45(44-28-14-25-37)43-27-13-8-7-12-26-42-38-36(31-15-10-9-11-16-31,32-17-21-34(40-5)22-18-32)33-19-23-35(41-6)24-20-33/h9-11,15-24,29-30,38H,7-8,12-14,26-28H2,1-6H3. The fraction of sp³-hybridized carbons (Fsp3) is 0.472. The maximum Gasteiger partial charge on any atom is 0.259 e. The van der Waals surface area contributed by atoms with Gasteiger partial charge in [0.2, 0.25) is 0 Å². The van der Waals surface area contributed by atoms with Gasteiger partial charge in [-0.05, 0) is 81.5 Å². The molecule has 1 N–H and O–H groups in total. The molecule has 0 radical (unpaired) electrons. The van der Waals surface area contributed by atoms with Crippen LogP contribution in [0.3, 0.4) is 0 Å². The van der Waals surface area contributed by atoms with Crippen molar-refractivity contribution >= 4 is 8.53 Å². The summed E-state index contributed by atoms with van der Waals surface area (Å²) in [5, 5.41) is 8.93. The van der Waals surface area contributed by atoms with Crippen LogP contribution >= 0.6 is 8.53 Å². The fourth-order valence-electron chi connectivity index (χ4n) is 5.29. The number of nitrogens with one attached hydrogen (secondary N) is 1. The van der Waals surface area contributed by atoms with Gasteiger partial charge >= 0.3 is 0 Å². The lowest BCUT2D eigenvalue weighted by Crippen LogP contribution is -2.44. The van der Waals surface area contributed by atoms with Gasteiger partial charge in [-0.15, -0.1) is 0 Å². The van der Waals surface area contributed by atoms with E-state index >= 15 is 0 Å². The number of unbranched alkanes of at least 4 members (excludes halogenated alkanes) is 3. The van der Waals surface area contributed by atoms with Crippen LogP contribution in [0.2, 0.25) is 0 Å². The summed E-state index contributed by atoms with van der Waals surface area (Å²) >= 11 is 0. The van der Waals surface area contributed by atoms with E-state index in [1.165, 1.54) is 0 Å². The van der Waals surface area contributed by atoms with Crippen molar-refractivity contribution in [1.82, 2.24) is 10.2 Å². The van der Waals surface area contributed by atoms with Crippen LogP contribution in [0.15, 0.2) is 78.9 Å². The molecule has 0 spiro atoms. The highest BCUT2D eigenvalue weighted by Gasteiger charge is 2.37. The molecule has 0 amide bonds. The lowest BCUT2D eigenvalue weighted by atomic mass is 9.77. The van der Waals surface area contributed by atoms with Crippen molar-refractivity contribution in [2.24, 2.45) is 0 Å². The molecule has 1 atom stereocenters. The molecular formula is C36H50N3O5P. The second-order valence-corrected chi connectivity index (χ2v) is 12.8. The van der Waals surface area contributed by atoms with Crippen LogP contribution in [0, 0.1) is 11.3 Å². The minimum absolute atomic E-state index is 0.293. The molecule has 0 aromatic heterocycles. The largest absolute Gasteiger partial charge is 0.497 e. The smallest absolute Gasteiger partial charge is 0.259 e. The molecule has 0 aliphatic heterocycles. The number of benzene rings is 3. The summed E-state index contributed by atoms with van der Waals surface area (Å²) < 4.78 is 25.4. The molecular weight excluding hydrogens is 585 g/mol. The summed E-state index contributed by atoms with van der Waals surface area (Å²) in [6.07, 6.45) is 4.24. The third-order valence-electron chi connectivity index (χ3n) is 7.48. The van der Waals surface area contributed by atoms with Crippen LogP contribution in [-0.2, 0) is 19.4 Å². The Bertz CT molecular complexity index is 1210. The second kappa shape index (κ2) is 19.5. The average molecular weight is 636 g/mol. The topological polar surface area (TPSA) is 85.2 Å². The third kappa shape index (κ3) is 10.5. The van der Waals surface area contributed by atoms with Gasteiger partial charge in [-0.1, -0.05) is 67.4 Å². The van der Waals surface area contributed by atoms with Gasteiger partial charge in [0.15, 0.2) is 0 Å². The molecule has 3 rings (SSSR count). The van der Waals surface area contributed by atoms with E-state index in [4.69, 9.17) is 28.6 Å². The van der Waals surface area contributed by atoms with Crippen molar-refractivity contribution in [3.05, 3.63) is 95.6 Å². The van der Waals surface area contributed by atoms with Crippen LogP contribution in [0.25, 0.3) is 0 Å². The van der Waals surface area contributed by atoms with Crippen molar-refractivity contribution in [3.63, 3.8) is 0 Å². The van der Waals surface area contributed by atoms with Gasteiger partial charge in [0, 0.05) is 12.1 Å². The second-order valence-electron chi connectivity index (χ2n) is 11.3. The Balaban J connectivity index is 1.62. The van der Waals surface area contributed by atoms with Crippen LogP contribution in [-0.4, -0.2) is 50.8 Å².